The summed E-state index contributed by atoms with van der Waals surface area (Å²) in [6.45, 7) is 0. The number of carboxylic acids is 1. The molecule has 5 nitrogen and oxygen atoms in total. The number of rotatable bonds is 5. The molecule has 1 aromatic carbocycles. The van der Waals surface area contributed by atoms with E-state index in [2.05, 4.69) is 9.97 Å². The monoisotopic (exact) mass is 276 g/mol. The van der Waals surface area contributed by atoms with Crippen molar-refractivity contribution in [3.8, 4) is 5.75 Å². The number of hydrogen-bond donors (Lipinski definition) is 1. The lowest BCUT2D eigenvalue weighted by molar-refractivity contribution is 0.0693. The van der Waals surface area contributed by atoms with E-state index in [9.17, 15) is 4.79 Å². The number of nitrogens with zero attached hydrogens (tertiary/aromatic N) is 2. The average molecular weight is 276 g/mol. The van der Waals surface area contributed by atoms with Gasteiger partial charge in [0.25, 0.3) is 0 Å². The molecule has 0 saturated heterocycles. The first-order valence-corrected chi connectivity index (χ1v) is 6.48. The Morgan fingerprint density at radius 2 is 2.26 bits per heavy atom. The first-order valence-electron chi connectivity index (χ1n) is 5.49. The molecular formula is C13H12N2O3S. The summed E-state index contributed by atoms with van der Waals surface area (Å²) >= 11 is 1.55. The van der Waals surface area contributed by atoms with Crippen molar-refractivity contribution in [3.63, 3.8) is 0 Å². The predicted octanol–water partition coefficient (Wildman–Crippen LogP) is 2.48. The van der Waals surface area contributed by atoms with Gasteiger partial charge in [-0.15, -0.1) is 11.8 Å². The summed E-state index contributed by atoms with van der Waals surface area (Å²) in [6.07, 6.45) is 3.18. The maximum absolute atomic E-state index is 11.0. The molecule has 98 valence electrons. The van der Waals surface area contributed by atoms with Crippen molar-refractivity contribution in [2.75, 3.05) is 7.11 Å². The van der Waals surface area contributed by atoms with Gasteiger partial charge in [0.15, 0.2) is 0 Å². The highest BCUT2D eigenvalue weighted by Gasteiger charge is 2.11. The molecule has 0 aliphatic rings. The number of carboxylic acid groups (broad SMARTS) is 1. The summed E-state index contributed by atoms with van der Waals surface area (Å²) in [5.41, 5.74) is 1.14. The molecule has 0 aliphatic carbocycles. The van der Waals surface area contributed by atoms with Crippen LogP contribution in [0.4, 0.5) is 0 Å². The molecule has 0 radical (unpaired) electrons. The normalized spacial score (nSPS) is 10.2. The van der Waals surface area contributed by atoms with E-state index >= 15 is 0 Å². The fraction of sp³-hybridized carbons (Fsp3) is 0.154. The molecule has 1 aromatic heterocycles. The summed E-state index contributed by atoms with van der Waals surface area (Å²) in [6, 6.07) is 6.89. The van der Waals surface area contributed by atoms with Crippen LogP contribution in [0.1, 0.15) is 15.9 Å². The standard InChI is InChI=1S/C13H12N2O3S/c1-18-11-6-9(2-3-10(11)13(16)17)7-19-12-4-5-14-8-15-12/h2-6,8H,7H2,1H3,(H,16,17). The fourth-order valence-corrected chi connectivity index (χ4v) is 2.30. The van der Waals surface area contributed by atoms with E-state index in [0.29, 0.717) is 11.5 Å². The van der Waals surface area contributed by atoms with Crippen molar-refractivity contribution >= 4 is 17.7 Å². The molecule has 1 N–H and O–H groups in total. The molecule has 0 fully saturated rings. The summed E-state index contributed by atoms with van der Waals surface area (Å²) < 4.78 is 5.08. The van der Waals surface area contributed by atoms with E-state index in [4.69, 9.17) is 9.84 Å². The zero-order valence-electron chi connectivity index (χ0n) is 10.2. The summed E-state index contributed by atoms with van der Waals surface area (Å²) in [5.74, 6) is 0.0629. The van der Waals surface area contributed by atoms with Crippen LogP contribution in [-0.2, 0) is 5.75 Å². The molecule has 2 rings (SSSR count). The van der Waals surface area contributed by atoms with Crippen molar-refractivity contribution in [2.45, 2.75) is 10.8 Å². The number of ether oxygens (including phenoxy) is 1. The number of aromatic carboxylic acids is 1. The van der Waals surface area contributed by atoms with Gasteiger partial charge in [-0.2, -0.15) is 0 Å². The van der Waals surface area contributed by atoms with Crippen molar-refractivity contribution in [3.05, 3.63) is 47.9 Å². The zero-order valence-corrected chi connectivity index (χ0v) is 11.1. The van der Waals surface area contributed by atoms with Crippen molar-refractivity contribution < 1.29 is 14.6 Å². The first-order chi connectivity index (χ1) is 9.20. The molecule has 0 saturated carbocycles. The van der Waals surface area contributed by atoms with Crippen LogP contribution in [0, 0.1) is 0 Å². The Balaban J connectivity index is 2.11. The molecule has 0 atom stereocenters. The Bertz CT molecular complexity index is 575. The predicted molar refractivity (Wildman–Crippen MR) is 71.5 cm³/mol. The molecule has 6 heteroatoms. The molecule has 1 heterocycles. The average Bonchev–Trinajstić information content (AvgIpc) is 2.45. The molecule has 0 bridgehead atoms. The maximum Gasteiger partial charge on any atom is 0.339 e. The van der Waals surface area contributed by atoms with Crippen LogP contribution < -0.4 is 4.74 Å². The largest absolute Gasteiger partial charge is 0.496 e. The van der Waals surface area contributed by atoms with E-state index in [1.54, 1.807) is 36.2 Å². The van der Waals surface area contributed by atoms with E-state index in [1.807, 2.05) is 6.07 Å². The molecule has 0 spiro atoms. The SMILES string of the molecule is COc1cc(CSc2ccncn2)ccc1C(=O)O. The molecule has 19 heavy (non-hydrogen) atoms. The number of benzene rings is 1. The van der Waals surface area contributed by atoms with E-state index < -0.39 is 5.97 Å². The Hall–Kier alpha value is -2.08. The number of hydrogen-bond acceptors (Lipinski definition) is 5. The van der Waals surface area contributed by atoms with Crippen LogP contribution >= 0.6 is 11.8 Å². The van der Waals surface area contributed by atoms with E-state index in [-0.39, 0.29) is 5.56 Å². The first kappa shape index (κ1) is 13.4. The topological polar surface area (TPSA) is 72.3 Å². The van der Waals surface area contributed by atoms with Gasteiger partial charge in [-0.25, -0.2) is 14.8 Å². The van der Waals surface area contributed by atoms with E-state index in [0.717, 1.165) is 10.6 Å². The van der Waals surface area contributed by atoms with E-state index in [1.165, 1.54) is 13.4 Å². The Kier molecular flexibility index (Phi) is 4.35. The summed E-state index contributed by atoms with van der Waals surface area (Å²) in [4.78, 5) is 18.9. The molecule has 0 amide bonds. The second kappa shape index (κ2) is 6.19. The number of carbonyl (C=O) groups is 1. The van der Waals surface area contributed by atoms with Gasteiger partial charge >= 0.3 is 5.97 Å². The third-order valence-corrected chi connectivity index (χ3v) is 3.45. The molecule has 2 aromatic rings. The Morgan fingerprint density at radius 1 is 1.42 bits per heavy atom. The Morgan fingerprint density at radius 3 is 2.89 bits per heavy atom. The van der Waals surface area contributed by atoms with Crippen LogP contribution in [0.2, 0.25) is 0 Å². The molecule has 0 unspecified atom stereocenters. The van der Waals surface area contributed by atoms with Crippen LogP contribution in [0.25, 0.3) is 0 Å². The van der Waals surface area contributed by atoms with Gasteiger partial charge < -0.3 is 9.84 Å². The minimum Gasteiger partial charge on any atom is -0.496 e. The third-order valence-electron chi connectivity index (χ3n) is 2.44. The lowest BCUT2D eigenvalue weighted by Gasteiger charge is -2.07. The fourth-order valence-electron chi connectivity index (χ4n) is 1.52. The van der Waals surface area contributed by atoms with Crippen LogP contribution in [0.5, 0.6) is 5.75 Å². The van der Waals surface area contributed by atoms with Gasteiger partial charge in [0.05, 0.1) is 12.1 Å². The van der Waals surface area contributed by atoms with Gasteiger partial charge in [-0.3, -0.25) is 0 Å². The number of aromatic nitrogens is 2. The Labute approximate surface area is 114 Å². The molecular weight excluding hydrogens is 264 g/mol. The number of methoxy groups -OCH3 is 1. The van der Waals surface area contributed by atoms with Crippen LogP contribution in [-0.4, -0.2) is 28.2 Å². The highest BCUT2D eigenvalue weighted by atomic mass is 32.2. The van der Waals surface area contributed by atoms with Crippen molar-refractivity contribution in [1.29, 1.82) is 0 Å². The van der Waals surface area contributed by atoms with Gasteiger partial charge in [-0.05, 0) is 23.8 Å². The molecule has 0 aliphatic heterocycles. The van der Waals surface area contributed by atoms with Gasteiger partial charge in [-0.1, -0.05) is 6.07 Å². The zero-order chi connectivity index (χ0) is 13.7. The van der Waals surface area contributed by atoms with Crippen molar-refractivity contribution in [1.82, 2.24) is 9.97 Å². The summed E-state index contributed by atoms with van der Waals surface area (Å²) in [7, 11) is 1.46. The quantitative estimate of drug-likeness (QED) is 0.668. The third kappa shape index (κ3) is 3.45. The lowest BCUT2D eigenvalue weighted by Crippen LogP contribution is -2.00. The summed E-state index contributed by atoms with van der Waals surface area (Å²) in [5, 5.41) is 9.86. The van der Waals surface area contributed by atoms with Gasteiger partial charge in [0, 0.05) is 11.9 Å². The maximum atomic E-state index is 11.0. The second-order valence-electron chi connectivity index (χ2n) is 3.68. The van der Waals surface area contributed by atoms with Crippen LogP contribution in [0.15, 0.2) is 41.8 Å². The minimum atomic E-state index is -0.994. The van der Waals surface area contributed by atoms with Crippen molar-refractivity contribution in [2.24, 2.45) is 0 Å². The second-order valence-corrected chi connectivity index (χ2v) is 4.67. The lowest BCUT2D eigenvalue weighted by atomic mass is 10.1. The highest BCUT2D eigenvalue weighted by Crippen LogP contribution is 2.25. The van der Waals surface area contributed by atoms with Gasteiger partial charge in [0.2, 0.25) is 0 Å². The van der Waals surface area contributed by atoms with Crippen LogP contribution in [0.3, 0.4) is 0 Å². The number of thioether (sulfide) groups is 1. The smallest absolute Gasteiger partial charge is 0.339 e. The van der Waals surface area contributed by atoms with Gasteiger partial charge in [0.1, 0.15) is 17.6 Å². The highest BCUT2D eigenvalue weighted by molar-refractivity contribution is 7.98. The minimum absolute atomic E-state index is 0.165.